The van der Waals surface area contributed by atoms with E-state index >= 15 is 0 Å². The zero-order chi connectivity index (χ0) is 15.2. The standard InChI is InChI=1S/C13H15Cl3N2O2S.ClH/c14-7-3-11(15)13(12(16)4-7)21(19,20)18-10-5-8-1-2-9(6-10)17-8;/h3-4,8-10,17-18H,1-2,5-6H2;1H. The Morgan fingerprint density at radius 1 is 1.05 bits per heavy atom. The van der Waals surface area contributed by atoms with Gasteiger partial charge in [0.25, 0.3) is 0 Å². The zero-order valence-electron chi connectivity index (χ0n) is 11.5. The molecule has 22 heavy (non-hydrogen) atoms. The van der Waals surface area contributed by atoms with Crippen LogP contribution in [0, 0.1) is 0 Å². The second-order valence-electron chi connectivity index (χ2n) is 5.63. The van der Waals surface area contributed by atoms with Crippen LogP contribution in [0.15, 0.2) is 17.0 Å². The molecule has 2 aliphatic rings. The number of halogens is 4. The SMILES string of the molecule is Cl.O=S(=O)(NC1CC2CCC(C1)N2)c1c(Cl)cc(Cl)cc1Cl. The number of fused-ring (bicyclic) bond motifs is 2. The van der Waals surface area contributed by atoms with Gasteiger partial charge in [-0.05, 0) is 37.8 Å². The molecule has 124 valence electrons. The Bertz CT molecular complexity index is 633. The Labute approximate surface area is 151 Å². The van der Waals surface area contributed by atoms with Crippen LogP contribution >= 0.6 is 47.2 Å². The molecule has 2 atom stereocenters. The van der Waals surface area contributed by atoms with Gasteiger partial charge in [-0.2, -0.15) is 0 Å². The van der Waals surface area contributed by atoms with E-state index in [1.54, 1.807) is 0 Å². The highest BCUT2D eigenvalue weighted by Crippen LogP contribution is 2.34. The molecule has 9 heteroatoms. The molecule has 2 aliphatic heterocycles. The first-order valence-corrected chi connectivity index (χ1v) is 9.40. The number of piperidine rings is 1. The van der Waals surface area contributed by atoms with Crippen LogP contribution in [0.25, 0.3) is 0 Å². The minimum absolute atomic E-state index is 0. The molecule has 2 unspecified atom stereocenters. The maximum Gasteiger partial charge on any atom is 0.243 e. The summed E-state index contributed by atoms with van der Waals surface area (Å²) in [5.74, 6) is 0. The van der Waals surface area contributed by atoms with Crippen LogP contribution in [0.4, 0.5) is 0 Å². The van der Waals surface area contributed by atoms with E-state index in [4.69, 9.17) is 34.8 Å². The van der Waals surface area contributed by atoms with Crippen molar-refractivity contribution in [2.45, 2.75) is 48.7 Å². The predicted octanol–water partition coefficient (Wildman–Crippen LogP) is 3.63. The van der Waals surface area contributed by atoms with Gasteiger partial charge in [0, 0.05) is 23.1 Å². The first-order valence-electron chi connectivity index (χ1n) is 6.78. The van der Waals surface area contributed by atoms with Gasteiger partial charge in [-0.15, -0.1) is 12.4 Å². The van der Waals surface area contributed by atoms with Gasteiger partial charge in [0.05, 0.1) is 10.0 Å². The van der Waals surface area contributed by atoms with Crippen LogP contribution in [0.2, 0.25) is 15.1 Å². The molecule has 2 heterocycles. The smallest absolute Gasteiger partial charge is 0.243 e. The van der Waals surface area contributed by atoms with Crippen LogP contribution < -0.4 is 10.0 Å². The van der Waals surface area contributed by atoms with Crippen molar-refractivity contribution in [3.8, 4) is 0 Å². The van der Waals surface area contributed by atoms with E-state index in [9.17, 15) is 8.42 Å². The molecule has 1 aromatic carbocycles. The van der Waals surface area contributed by atoms with Crippen molar-refractivity contribution in [3.05, 3.63) is 27.2 Å². The van der Waals surface area contributed by atoms with Crippen LogP contribution in [-0.4, -0.2) is 26.5 Å². The summed E-state index contributed by atoms with van der Waals surface area (Å²) >= 11 is 17.8. The topological polar surface area (TPSA) is 58.2 Å². The van der Waals surface area contributed by atoms with Gasteiger partial charge in [0.15, 0.2) is 0 Å². The molecule has 2 fully saturated rings. The third-order valence-electron chi connectivity index (χ3n) is 4.03. The molecule has 2 N–H and O–H groups in total. The summed E-state index contributed by atoms with van der Waals surface area (Å²) in [5, 5.41) is 3.86. The normalized spacial score (nSPS) is 27.5. The second-order valence-corrected chi connectivity index (χ2v) is 8.53. The third-order valence-corrected chi connectivity index (χ3v) is 6.69. The Hall–Kier alpha value is 0.250. The van der Waals surface area contributed by atoms with E-state index in [0.717, 1.165) is 25.7 Å². The summed E-state index contributed by atoms with van der Waals surface area (Å²) in [5.41, 5.74) is 0. The van der Waals surface area contributed by atoms with Gasteiger partial charge in [-0.1, -0.05) is 34.8 Å². The molecular formula is C13H16Cl4N2O2S. The predicted molar refractivity (Wildman–Crippen MR) is 92.0 cm³/mol. The second kappa shape index (κ2) is 7.01. The van der Waals surface area contributed by atoms with Crippen LogP contribution in [0.1, 0.15) is 25.7 Å². The Morgan fingerprint density at radius 2 is 1.55 bits per heavy atom. The summed E-state index contributed by atoms with van der Waals surface area (Å²) < 4.78 is 27.8. The Kier molecular flexibility index (Phi) is 5.92. The maximum atomic E-state index is 12.5. The van der Waals surface area contributed by atoms with E-state index in [1.807, 2.05) is 0 Å². The molecule has 0 spiro atoms. The molecule has 3 rings (SSSR count). The van der Waals surface area contributed by atoms with Crippen molar-refractivity contribution >= 4 is 57.2 Å². The molecule has 1 aromatic rings. The lowest BCUT2D eigenvalue weighted by molar-refractivity contribution is 0.345. The molecule has 0 radical (unpaired) electrons. The molecule has 0 amide bonds. The highest BCUT2D eigenvalue weighted by molar-refractivity contribution is 7.89. The van der Waals surface area contributed by atoms with Crippen molar-refractivity contribution in [2.24, 2.45) is 0 Å². The molecular weight excluding hydrogens is 390 g/mol. The molecule has 0 aliphatic carbocycles. The lowest BCUT2D eigenvalue weighted by Crippen LogP contribution is -2.48. The fourth-order valence-corrected chi connectivity index (χ4v) is 6.02. The fraction of sp³-hybridized carbons (Fsp3) is 0.538. The molecule has 4 nitrogen and oxygen atoms in total. The highest BCUT2D eigenvalue weighted by Gasteiger charge is 2.36. The van der Waals surface area contributed by atoms with Gasteiger partial charge in [-0.25, -0.2) is 13.1 Å². The fourth-order valence-electron chi connectivity index (χ4n) is 3.22. The quantitative estimate of drug-likeness (QED) is 0.807. The highest BCUT2D eigenvalue weighted by atomic mass is 35.5. The first kappa shape index (κ1) is 18.6. The number of sulfonamides is 1. The molecule has 2 saturated heterocycles. The number of hydrogen-bond acceptors (Lipinski definition) is 3. The number of hydrogen-bond donors (Lipinski definition) is 2. The minimum atomic E-state index is -3.76. The molecule has 0 saturated carbocycles. The lowest BCUT2D eigenvalue weighted by atomic mass is 10.0. The van der Waals surface area contributed by atoms with Gasteiger partial charge >= 0.3 is 0 Å². The van der Waals surface area contributed by atoms with Gasteiger partial charge in [-0.3, -0.25) is 0 Å². The monoisotopic (exact) mass is 404 g/mol. The summed E-state index contributed by atoms with van der Waals surface area (Å²) in [6.45, 7) is 0. The van der Waals surface area contributed by atoms with Crippen molar-refractivity contribution in [1.82, 2.24) is 10.0 Å². The van der Waals surface area contributed by atoms with E-state index < -0.39 is 10.0 Å². The van der Waals surface area contributed by atoms with E-state index in [-0.39, 0.29) is 33.4 Å². The molecule has 2 bridgehead atoms. The summed E-state index contributed by atoms with van der Waals surface area (Å²) in [6, 6.07) is 3.47. The summed E-state index contributed by atoms with van der Waals surface area (Å²) in [4.78, 5) is -0.0962. The first-order chi connectivity index (χ1) is 9.85. The number of rotatable bonds is 3. The average Bonchev–Trinajstić information content (AvgIpc) is 2.66. The third kappa shape index (κ3) is 3.83. The molecule has 0 aromatic heterocycles. The largest absolute Gasteiger partial charge is 0.311 e. The Balaban J connectivity index is 0.00000176. The van der Waals surface area contributed by atoms with E-state index in [2.05, 4.69) is 10.0 Å². The van der Waals surface area contributed by atoms with E-state index in [1.165, 1.54) is 12.1 Å². The number of nitrogens with one attached hydrogen (secondary N) is 2. The maximum absolute atomic E-state index is 12.5. The van der Waals surface area contributed by atoms with Crippen LogP contribution in [0.5, 0.6) is 0 Å². The minimum Gasteiger partial charge on any atom is -0.311 e. The van der Waals surface area contributed by atoms with Crippen LogP contribution in [-0.2, 0) is 10.0 Å². The van der Waals surface area contributed by atoms with Crippen molar-refractivity contribution in [1.29, 1.82) is 0 Å². The van der Waals surface area contributed by atoms with Crippen molar-refractivity contribution < 1.29 is 8.42 Å². The summed E-state index contributed by atoms with van der Waals surface area (Å²) in [6.07, 6.45) is 3.79. The average molecular weight is 406 g/mol. The van der Waals surface area contributed by atoms with Crippen molar-refractivity contribution in [2.75, 3.05) is 0 Å². The zero-order valence-corrected chi connectivity index (χ0v) is 15.4. The van der Waals surface area contributed by atoms with Gasteiger partial charge in [0.2, 0.25) is 10.0 Å². The van der Waals surface area contributed by atoms with Crippen LogP contribution in [0.3, 0.4) is 0 Å². The number of benzene rings is 1. The van der Waals surface area contributed by atoms with Gasteiger partial charge in [0.1, 0.15) is 4.90 Å². The van der Waals surface area contributed by atoms with E-state index in [0.29, 0.717) is 17.1 Å². The lowest BCUT2D eigenvalue weighted by Gasteiger charge is -2.29. The summed E-state index contributed by atoms with van der Waals surface area (Å²) in [7, 11) is -3.76. The van der Waals surface area contributed by atoms with Gasteiger partial charge < -0.3 is 5.32 Å². The Morgan fingerprint density at radius 3 is 2.05 bits per heavy atom. The van der Waals surface area contributed by atoms with Crippen molar-refractivity contribution in [3.63, 3.8) is 0 Å².